The Balaban J connectivity index is 2.50. The zero-order valence-corrected chi connectivity index (χ0v) is 7.82. The smallest absolute Gasteiger partial charge is 0.0213 e. The summed E-state index contributed by atoms with van der Waals surface area (Å²) in [4.78, 5) is 3.43. The Hall–Kier alpha value is -0.760. The summed E-state index contributed by atoms with van der Waals surface area (Å²) in [6.45, 7) is 3.96. The van der Waals surface area contributed by atoms with Crippen LogP contribution in [-0.2, 0) is 6.42 Å². The molecule has 60 valence electrons. The van der Waals surface area contributed by atoms with Crippen LogP contribution >= 0.6 is 11.3 Å². The number of rotatable bonds is 3. The van der Waals surface area contributed by atoms with Crippen molar-refractivity contribution in [2.24, 2.45) is 0 Å². The van der Waals surface area contributed by atoms with E-state index in [1.807, 2.05) is 14.1 Å². The standard InChI is InChI=1S/C9H13NS/c1-8(10(2)3)7-9-5-4-6-11-9/h4-6H,1,7H2,2-3H3. The largest absolute Gasteiger partial charge is 0.381 e. The van der Waals surface area contributed by atoms with Gasteiger partial charge in [-0.05, 0) is 11.4 Å². The summed E-state index contributed by atoms with van der Waals surface area (Å²) in [6, 6.07) is 4.21. The van der Waals surface area contributed by atoms with Crippen molar-refractivity contribution in [3.8, 4) is 0 Å². The molecule has 2 heteroatoms. The maximum atomic E-state index is 3.96. The molecule has 0 aromatic carbocycles. The molecular weight excluding hydrogens is 154 g/mol. The van der Waals surface area contributed by atoms with Gasteiger partial charge in [-0.2, -0.15) is 0 Å². The molecule has 0 spiro atoms. The topological polar surface area (TPSA) is 3.24 Å². The first kappa shape index (κ1) is 8.34. The lowest BCUT2D eigenvalue weighted by atomic mass is 10.3. The summed E-state index contributed by atoms with van der Waals surface area (Å²) in [5, 5.41) is 2.10. The highest BCUT2D eigenvalue weighted by Crippen LogP contribution is 2.13. The molecule has 0 amide bonds. The quantitative estimate of drug-likeness (QED) is 0.668. The highest BCUT2D eigenvalue weighted by Gasteiger charge is 1.98. The van der Waals surface area contributed by atoms with Crippen LogP contribution in [0.3, 0.4) is 0 Å². The van der Waals surface area contributed by atoms with E-state index in [0.29, 0.717) is 0 Å². The van der Waals surface area contributed by atoms with Gasteiger partial charge >= 0.3 is 0 Å². The van der Waals surface area contributed by atoms with E-state index < -0.39 is 0 Å². The Morgan fingerprint density at radius 2 is 2.36 bits per heavy atom. The molecule has 1 heterocycles. The van der Waals surface area contributed by atoms with Gasteiger partial charge in [0.15, 0.2) is 0 Å². The molecule has 0 radical (unpaired) electrons. The molecule has 0 aliphatic rings. The first-order chi connectivity index (χ1) is 5.20. The van der Waals surface area contributed by atoms with Crippen LogP contribution in [0.15, 0.2) is 29.8 Å². The molecule has 1 rings (SSSR count). The van der Waals surface area contributed by atoms with Gasteiger partial charge < -0.3 is 4.90 Å². The molecule has 0 bridgehead atoms. The summed E-state index contributed by atoms with van der Waals surface area (Å²) in [7, 11) is 4.05. The van der Waals surface area contributed by atoms with Crippen LogP contribution < -0.4 is 0 Å². The maximum Gasteiger partial charge on any atom is 0.0213 e. The lowest BCUT2D eigenvalue weighted by Gasteiger charge is -2.14. The lowest BCUT2D eigenvalue weighted by molar-refractivity contribution is 0.502. The van der Waals surface area contributed by atoms with Crippen molar-refractivity contribution in [3.63, 3.8) is 0 Å². The minimum absolute atomic E-state index is 0.977. The Morgan fingerprint density at radius 3 is 2.82 bits per heavy atom. The number of thiophene rings is 1. The molecule has 0 N–H and O–H groups in total. The van der Waals surface area contributed by atoms with E-state index in [1.54, 1.807) is 11.3 Å². The van der Waals surface area contributed by atoms with E-state index in [9.17, 15) is 0 Å². The normalized spacial score (nSPS) is 9.64. The molecule has 0 unspecified atom stereocenters. The third-order valence-electron chi connectivity index (χ3n) is 1.59. The summed E-state index contributed by atoms with van der Waals surface area (Å²) >= 11 is 1.78. The first-order valence-electron chi connectivity index (χ1n) is 3.57. The molecular formula is C9H13NS. The van der Waals surface area contributed by atoms with E-state index >= 15 is 0 Å². The Kier molecular flexibility index (Phi) is 2.71. The van der Waals surface area contributed by atoms with E-state index in [-0.39, 0.29) is 0 Å². The van der Waals surface area contributed by atoms with Gasteiger partial charge in [0.25, 0.3) is 0 Å². The molecule has 0 fully saturated rings. The van der Waals surface area contributed by atoms with E-state index in [1.165, 1.54) is 4.88 Å². The van der Waals surface area contributed by atoms with Crippen molar-refractivity contribution >= 4 is 11.3 Å². The highest BCUT2D eigenvalue weighted by molar-refractivity contribution is 7.09. The van der Waals surface area contributed by atoms with Gasteiger partial charge in [0, 0.05) is 31.1 Å². The van der Waals surface area contributed by atoms with Gasteiger partial charge in [-0.1, -0.05) is 12.6 Å². The fourth-order valence-electron chi connectivity index (χ4n) is 0.772. The average Bonchev–Trinajstić information content (AvgIpc) is 2.39. The molecule has 0 atom stereocenters. The number of allylic oxidation sites excluding steroid dienone is 1. The van der Waals surface area contributed by atoms with Crippen LogP contribution in [-0.4, -0.2) is 19.0 Å². The van der Waals surface area contributed by atoms with Gasteiger partial charge in [0.1, 0.15) is 0 Å². The van der Waals surface area contributed by atoms with E-state index in [0.717, 1.165) is 12.1 Å². The summed E-state index contributed by atoms with van der Waals surface area (Å²) in [5.41, 5.74) is 1.16. The van der Waals surface area contributed by atoms with Gasteiger partial charge in [-0.15, -0.1) is 11.3 Å². The molecule has 1 aromatic heterocycles. The minimum atomic E-state index is 0.977. The molecule has 0 saturated heterocycles. The minimum Gasteiger partial charge on any atom is -0.381 e. The Labute approximate surface area is 72.0 Å². The number of nitrogens with zero attached hydrogens (tertiary/aromatic N) is 1. The Morgan fingerprint density at radius 1 is 1.64 bits per heavy atom. The molecule has 1 aromatic rings. The summed E-state index contributed by atoms with van der Waals surface area (Å²) in [6.07, 6.45) is 0.977. The second-order valence-electron chi connectivity index (χ2n) is 2.72. The van der Waals surface area contributed by atoms with Crippen molar-refractivity contribution in [2.75, 3.05) is 14.1 Å². The summed E-state index contributed by atoms with van der Waals surface area (Å²) in [5.74, 6) is 0. The molecule has 0 aliphatic heterocycles. The predicted octanol–water partition coefficient (Wildman–Crippen LogP) is 2.37. The third-order valence-corrected chi connectivity index (χ3v) is 2.47. The molecule has 0 aliphatic carbocycles. The number of hydrogen-bond donors (Lipinski definition) is 0. The van der Waals surface area contributed by atoms with Crippen molar-refractivity contribution in [2.45, 2.75) is 6.42 Å². The second kappa shape index (κ2) is 3.58. The lowest BCUT2D eigenvalue weighted by Crippen LogP contribution is -2.11. The summed E-state index contributed by atoms with van der Waals surface area (Å²) < 4.78 is 0. The monoisotopic (exact) mass is 167 g/mol. The number of likely N-dealkylation sites (N-methyl/N-ethyl adjacent to an activating group) is 1. The van der Waals surface area contributed by atoms with Gasteiger partial charge in [-0.25, -0.2) is 0 Å². The van der Waals surface area contributed by atoms with E-state index in [2.05, 4.69) is 29.0 Å². The Bertz CT molecular complexity index is 224. The zero-order chi connectivity index (χ0) is 8.27. The van der Waals surface area contributed by atoms with Gasteiger partial charge in [0.2, 0.25) is 0 Å². The van der Waals surface area contributed by atoms with Crippen LogP contribution in [0.4, 0.5) is 0 Å². The second-order valence-corrected chi connectivity index (χ2v) is 3.75. The third kappa shape index (κ3) is 2.39. The van der Waals surface area contributed by atoms with Crippen LogP contribution in [0, 0.1) is 0 Å². The van der Waals surface area contributed by atoms with Crippen molar-refractivity contribution < 1.29 is 0 Å². The molecule has 11 heavy (non-hydrogen) atoms. The highest BCUT2D eigenvalue weighted by atomic mass is 32.1. The average molecular weight is 167 g/mol. The van der Waals surface area contributed by atoms with Crippen LogP contribution in [0.2, 0.25) is 0 Å². The molecule has 0 saturated carbocycles. The van der Waals surface area contributed by atoms with Crippen molar-refractivity contribution in [1.82, 2.24) is 4.90 Å². The van der Waals surface area contributed by atoms with E-state index in [4.69, 9.17) is 0 Å². The first-order valence-corrected chi connectivity index (χ1v) is 4.45. The van der Waals surface area contributed by atoms with Crippen LogP contribution in [0.1, 0.15) is 4.88 Å². The van der Waals surface area contributed by atoms with Crippen molar-refractivity contribution in [1.29, 1.82) is 0 Å². The molecule has 1 nitrogen and oxygen atoms in total. The van der Waals surface area contributed by atoms with Crippen LogP contribution in [0.5, 0.6) is 0 Å². The number of hydrogen-bond acceptors (Lipinski definition) is 2. The van der Waals surface area contributed by atoms with Crippen molar-refractivity contribution in [3.05, 3.63) is 34.7 Å². The van der Waals surface area contributed by atoms with Gasteiger partial charge in [0.05, 0.1) is 0 Å². The zero-order valence-electron chi connectivity index (χ0n) is 7.00. The van der Waals surface area contributed by atoms with Gasteiger partial charge in [-0.3, -0.25) is 0 Å². The fraction of sp³-hybridized carbons (Fsp3) is 0.333. The predicted molar refractivity (Wildman–Crippen MR) is 50.9 cm³/mol. The van der Waals surface area contributed by atoms with Crippen LogP contribution in [0.25, 0.3) is 0 Å². The fourth-order valence-corrected chi connectivity index (χ4v) is 1.51. The SMILES string of the molecule is C=C(Cc1cccs1)N(C)C. The maximum absolute atomic E-state index is 3.96.